The van der Waals surface area contributed by atoms with E-state index in [-0.39, 0.29) is 0 Å². The lowest BCUT2D eigenvalue weighted by Crippen LogP contribution is -3.13. The number of nitrogens with one attached hydrogen (secondary N) is 1. The molecule has 1 saturated heterocycles. The molecule has 0 bridgehead atoms. The van der Waals surface area contributed by atoms with Gasteiger partial charge >= 0.3 is 0 Å². The molecular formula is C20H29N4O3S+. The van der Waals surface area contributed by atoms with Crippen LogP contribution in [0.4, 0.5) is 0 Å². The first-order valence-corrected chi connectivity index (χ1v) is 11.7. The van der Waals surface area contributed by atoms with E-state index in [2.05, 4.69) is 10.2 Å². The largest absolute Gasteiger partial charge is 0.420 e. The van der Waals surface area contributed by atoms with Crippen LogP contribution in [-0.4, -0.2) is 49.1 Å². The van der Waals surface area contributed by atoms with Gasteiger partial charge in [0, 0.05) is 6.92 Å². The van der Waals surface area contributed by atoms with Crippen molar-refractivity contribution in [2.75, 3.05) is 26.2 Å². The summed E-state index contributed by atoms with van der Waals surface area (Å²) < 4.78 is 33.1. The van der Waals surface area contributed by atoms with Crippen LogP contribution in [0.25, 0.3) is 0 Å². The van der Waals surface area contributed by atoms with Crippen molar-refractivity contribution in [2.45, 2.75) is 56.4 Å². The van der Waals surface area contributed by atoms with Crippen molar-refractivity contribution in [3.8, 4) is 0 Å². The lowest BCUT2D eigenvalue weighted by Gasteiger charge is -2.31. The van der Waals surface area contributed by atoms with Gasteiger partial charge in [-0.05, 0) is 36.5 Å². The van der Waals surface area contributed by atoms with Crippen molar-refractivity contribution in [1.29, 1.82) is 0 Å². The normalized spacial score (nSPS) is 20.5. The van der Waals surface area contributed by atoms with Crippen LogP contribution < -0.4 is 4.90 Å². The maximum atomic E-state index is 13.0. The summed E-state index contributed by atoms with van der Waals surface area (Å²) in [6.45, 7) is 4.91. The van der Waals surface area contributed by atoms with E-state index in [9.17, 15) is 8.42 Å². The van der Waals surface area contributed by atoms with Crippen molar-refractivity contribution in [2.24, 2.45) is 0 Å². The molecule has 1 aliphatic heterocycles. The van der Waals surface area contributed by atoms with E-state index < -0.39 is 10.0 Å². The number of aromatic nitrogens is 2. The summed E-state index contributed by atoms with van der Waals surface area (Å²) in [7, 11) is -3.43. The zero-order chi connectivity index (χ0) is 19.6. The maximum absolute atomic E-state index is 13.0. The van der Waals surface area contributed by atoms with E-state index in [0.717, 1.165) is 13.1 Å². The molecule has 1 aromatic carbocycles. The van der Waals surface area contributed by atoms with Crippen LogP contribution in [-0.2, 0) is 16.6 Å². The molecule has 1 saturated carbocycles. The monoisotopic (exact) mass is 405 g/mol. The van der Waals surface area contributed by atoms with Gasteiger partial charge in [0.2, 0.25) is 15.9 Å². The van der Waals surface area contributed by atoms with Crippen LogP contribution in [0.3, 0.4) is 0 Å². The topological polar surface area (TPSA) is 80.7 Å². The predicted octanol–water partition coefficient (Wildman–Crippen LogP) is 1.52. The van der Waals surface area contributed by atoms with Crippen molar-refractivity contribution in [1.82, 2.24) is 14.5 Å². The Labute approximate surface area is 166 Å². The zero-order valence-electron chi connectivity index (χ0n) is 16.4. The van der Waals surface area contributed by atoms with Gasteiger partial charge in [0.05, 0.1) is 31.1 Å². The van der Waals surface area contributed by atoms with Crippen molar-refractivity contribution < 1.29 is 17.7 Å². The standard InChI is InChI=1S/C20H28N4O3S/c1-16-21-22-20(27-16)15-23-11-13-24(14-12-23)28(25,26)19-9-7-18(8-10-19)17-5-3-2-4-6-17/h7-10,17H,2-6,11-15H2,1H3/p+1. The van der Waals surface area contributed by atoms with Crippen molar-refractivity contribution >= 4 is 10.0 Å². The molecule has 28 heavy (non-hydrogen) atoms. The number of aryl methyl sites for hydroxylation is 1. The molecule has 4 rings (SSSR count). The Kier molecular flexibility index (Phi) is 5.80. The summed E-state index contributed by atoms with van der Waals surface area (Å²) >= 11 is 0. The van der Waals surface area contributed by atoms with Gasteiger partial charge in [0.25, 0.3) is 5.89 Å². The molecule has 0 amide bonds. The van der Waals surface area contributed by atoms with E-state index in [1.54, 1.807) is 23.4 Å². The minimum absolute atomic E-state index is 0.406. The van der Waals surface area contributed by atoms with Gasteiger partial charge in [0.1, 0.15) is 0 Å². The Morgan fingerprint density at radius 3 is 2.36 bits per heavy atom. The van der Waals surface area contributed by atoms with E-state index in [1.165, 1.54) is 42.6 Å². The van der Waals surface area contributed by atoms with Crippen LogP contribution >= 0.6 is 0 Å². The number of hydrogen-bond donors (Lipinski definition) is 1. The molecule has 152 valence electrons. The SMILES string of the molecule is Cc1nnc(C[NH+]2CCN(S(=O)(=O)c3ccc(C4CCCCC4)cc3)CC2)o1. The van der Waals surface area contributed by atoms with Crippen LogP contribution in [0.5, 0.6) is 0 Å². The molecule has 1 N–H and O–H groups in total. The highest BCUT2D eigenvalue weighted by molar-refractivity contribution is 7.89. The Balaban J connectivity index is 1.37. The number of sulfonamides is 1. The van der Waals surface area contributed by atoms with Gasteiger partial charge in [-0.1, -0.05) is 31.4 Å². The van der Waals surface area contributed by atoms with Gasteiger partial charge < -0.3 is 9.32 Å². The van der Waals surface area contributed by atoms with Gasteiger partial charge in [0.15, 0.2) is 6.54 Å². The number of rotatable bonds is 5. The van der Waals surface area contributed by atoms with E-state index in [0.29, 0.717) is 42.2 Å². The van der Waals surface area contributed by atoms with Gasteiger partial charge in [-0.2, -0.15) is 4.31 Å². The minimum atomic E-state index is -3.43. The van der Waals surface area contributed by atoms with Gasteiger partial charge in [-0.3, -0.25) is 0 Å². The zero-order valence-corrected chi connectivity index (χ0v) is 17.2. The molecule has 1 aliphatic carbocycles. The summed E-state index contributed by atoms with van der Waals surface area (Å²) in [6, 6.07) is 7.62. The first-order valence-electron chi connectivity index (χ1n) is 10.2. The third-order valence-electron chi connectivity index (χ3n) is 5.99. The Morgan fingerprint density at radius 2 is 1.75 bits per heavy atom. The number of benzene rings is 1. The quantitative estimate of drug-likeness (QED) is 0.816. The molecule has 8 heteroatoms. The smallest absolute Gasteiger partial charge is 0.271 e. The molecule has 2 heterocycles. The third-order valence-corrected chi connectivity index (χ3v) is 7.91. The highest BCUT2D eigenvalue weighted by Gasteiger charge is 2.31. The summed E-state index contributed by atoms with van der Waals surface area (Å²) in [5.41, 5.74) is 1.28. The molecule has 0 spiro atoms. The maximum Gasteiger partial charge on any atom is 0.271 e. The number of piperazine rings is 1. The summed E-state index contributed by atoms with van der Waals surface area (Å²) in [4.78, 5) is 1.67. The molecular weight excluding hydrogens is 376 g/mol. The lowest BCUT2D eigenvalue weighted by molar-refractivity contribution is -0.918. The average Bonchev–Trinajstić information content (AvgIpc) is 3.14. The highest BCUT2D eigenvalue weighted by Crippen LogP contribution is 2.33. The molecule has 0 atom stereocenters. The van der Waals surface area contributed by atoms with E-state index in [4.69, 9.17) is 4.42 Å². The highest BCUT2D eigenvalue weighted by atomic mass is 32.2. The second-order valence-corrected chi connectivity index (χ2v) is 9.89. The van der Waals surface area contributed by atoms with Crippen LogP contribution in [0.2, 0.25) is 0 Å². The van der Waals surface area contributed by atoms with Crippen LogP contribution in [0.15, 0.2) is 33.6 Å². The van der Waals surface area contributed by atoms with Crippen molar-refractivity contribution in [3.63, 3.8) is 0 Å². The summed E-state index contributed by atoms with van der Waals surface area (Å²) in [6.07, 6.45) is 6.32. The minimum Gasteiger partial charge on any atom is -0.420 e. The molecule has 2 fully saturated rings. The molecule has 0 unspecified atom stereocenters. The fraction of sp³-hybridized carbons (Fsp3) is 0.600. The second-order valence-electron chi connectivity index (χ2n) is 7.95. The van der Waals surface area contributed by atoms with Crippen molar-refractivity contribution in [3.05, 3.63) is 41.6 Å². The van der Waals surface area contributed by atoms with E-state index >= 15 is 0 Å². The number of hydrogen-bond acceptors (Lipinski definition) is 5. The molecule has 2 aliphatic rings. The Bertz CT molecular complexity index is 880. The molecule has 0 radical (unpaired) electrons. The molecule has 1 aromatic heterocycles. The first kappa shape index (κ1) is 19.5. The van der Waals surface area contributed by atoms with E-state index in [1.807, 2.05) is 12.1 Å². The fourth-order valence-electron chi connectivity index (χ4n) is 4.34. The Hall–Kier alpha value is -1.77. The summed E-state index contributed by atoms with van der Waals surface area (Å²) in [5, 5.41) is 7.88. The second kappa shape index (κ2) is 8.31. The average molecular weight is 406 g/mol. The predicted molar refractivity (Wildman–Crippen MR) is 104 cm³/mol. The fourth-order valence-corrected chi connectivity index (χ4v) is 5.78. The van der Waals surface area contributed by atoms with Crippen LogP contribution in [0.1, 0.15) is 55.4 Å². The molecule has 7 nitrogen and oxygen atoms in total. The van der Waals surface area contributed by atoms with Gasteiger partial charge in [-0.25, -0.2) is 8.42 Å². The summed E-state index contributed by atoms with van der Waals surface area (Å²) in [5.74, 6) is 1.76. The van der Waals surface area contributed by atoms with Crippen LogP contribution in [0, 0.1) is 6.92 Å². The lowest BCUT2D eigenvalue weighted by atomic mass is 9.84. The third kappa shape index (κ3) is 4.29. The van der Waals surface area contributed by atoms with Gasteiger partial charge in [-0.15, -0.1) is 10.2 Å². The number of nitrogens with zero attached hydrogens (tertiary/aromatic N) is 3. The number of quaternary nitrogens is 1. The first-order chi connectivity index (χ1) is 13.5. The molecule has 2 aromatic rings. The Morgan fingerprint density at radius 1 is 1.07 bits per heavy atom.